The topological polar surface area (TPSA) is 90.0 Å². The number of halogens is 1. The maximum atomic E-state index is 12.2. The zero-order chi connectivity index (χ0) is 14.8. The van der Waals surface area contributed by atoms with E-state index in [-0.39, 0.29) is 4.90 Å². The maximum Gasteiger partial charge on any atom is 0.265 e. The van der Waals surface area contributed by atoms with Crippen LogP contribution in [-0.2, 0) is 16.6 Å². The van der Waals surface area contributed by atoms with Crippen LogP contribution in [0, 0.1) is 6.92 Å². The number of benzene rings is 1. The molecule has 0 fully saturated rings. The molecule has 8 heteroatoms. The molecule has 108 valence electrons. The molecule has 0 spiro atoms. The minimum atomic E-state index is -3.64. The van der Waals surface area contributed by atoms with Crippen molar-refractivity contribution in [2.75, 3.05) is 11.3 Å². The molecule has 1 heterocycles. The standard InChI is InChI=1S/C12H15BrN4O2S/c1-9-4-10(13)6-11(5-9)16-20(18,19)12-7-15-17(8-12)3-2-14/h4-8,16H,2-3,14H2,1H3. The molecule has 0 saturated carbocycles. The Labute approximate surface area is 126 Å². The number of nitrogens with zero attached hydrogens (tertiary/aromatic N) is 2. The van der Waals surface area contributed by atoms with Gasteiger partial charge in [-0.3, -0.25) is 9.40 Å². The SMILES string of the molecule is Cc1cc(Br)cc(NS(=O)(=O)c2cnn(CCN)c2)c1. The van der Waals surface area contributed by atoms with E-state index in [0.29, 0.717) is 18.8 Å². The van der Waals surface area contributed by atoms with Gasteiger partial charge in [-0.1, -0.05) is 15.9 Å². The minimum Gasteiger partial charge on any atom is -0.329 e. The first-order chi connectivity index (χ1) is 9.40. The van der Waals surface area contributed by atoms with Crippen molar-refractivity contribution in [2.45, 2.75) is 18.4 Å². The Hall–Kier alpha value is -1.38. The second kappa shape index (κ2) is 5.94. The van der Waals surface area contributed by atoms with Gasteiger partial charge in [0.2, 0.25) is 0 Å². The highest BCUT2D eigenvalue weighted by molar-refractivity contribution is 9.10. The Morgan fingerprint density at radius 1 is 1.40 bits per heavy atom. The molecule has 0 unspecified atom stereocenters. The Morgan fingerprint density at radius 2 is 2.15 bits per heavy atom. The summed E-state index contributed by atoms with van der Waals surface area (Å²) in [6.45, 7) is 2.77. The molecule has 0 radical (unpaired) electrons. The van der Waals surface area contributed by atoms with Gasteiger partial charge in [0.1, 0.15) is 4.90 Å². The van der Waals surface area contributed by atoms with Gasteiger partial charge in [-0.2, -0.15) is 5.10 Å². The summed E-state index contributed by atoms with van der Waals surface area (Å²) in [4.78, 5) is 0.114. The number of anilines is 1. The van der Waals surface area contributed by atoms with Gasteiger partial charge in [-0.15, -0.1) is 0 Å². The third-order valence-corrected chi connectivity index (χ3v) is 4.37. The quantitative estimate of drug-likeness (QED) is 0.851. The lowest BCUT2D eigenvalue weighted by molar-refractivity contribution is 0.599. The zero-order valence-electron chi connectivity index (χ0n) is 10.9. The van der Waals surface area contributed by atoms with Crippen molar-refractivity contribution in [3.8, 4) is 0 Å². The fourth-order valence-corrected chi connectivity index (χ4v) is 3.35. The van der Waals surface area contributed by atoms with Crippen molar-refractivity contribution in [2.24, 2.45) is 5.73 Å². The van der Waals surface area contributed by atoms with Crippen molar-refractivity contribution >= 4 is 31.6 Å². The fourth-order valence-electron chi connectivity index (χ4n) is 1.75. The summed E-state index contributed by atoms with van der Waals surface area (Å²) >= 11 is 3.34. The van der Waals surface area contributed by atoms with Crippen LogP contribution in [-0.4, -0.2) is 24.7 Å². The number of nitrogens with two attached hydrogens (primary N) is 1. The first-order valence-corrected chi connectivity index (χ1v) is 8.21. The van der Waals surface area contributed by atoms with E-state index in [0.717, 1.165) is 10.0 Å². The van der Waals surface area contributed by atoms with Crippen LogP contribution in [0.1, 0.15) is 5.56 Å². The minimum absolute atomic E-state index is 0.114. The molecule has 1 aromatic heterocycles. The largest absolute Gasteiger partial charge is 0.329 e. The molecule has 2 rings (SSSR count). The Balaban J connectivity index is 2.25. The van der Waals surface area contributed by atoms with Gasteiger partial charge in [0, 0.05) is 17.2 Å². The summed E-state index contributed by atoms with van der Waals surface area (Å²) in [6.07, 6.45) is 2.77. The third kappa shape index (κ3) is 3.59. The summed E-state index contributed by atoms with van der Waals surface area (Å²) in [5.41, 5.74) is 6.86. The highest BCUT2D eigenvalue weighted by Crippen LogP contribution is 2.21. The number of sulfonamides is 1. The highest BCUT2D eigenvalue weighted by atomic mass is 79.9. The molecule has 0 aliphatic carbocycles. The number of aromatic nitrogens is 2. The number of hydrogen-bond donors (Lipinski definition) is 2. The number of nitrogens with one attached hydrogen (secondary N) is 1. The van der Waals surface area contributed by atoms with Crippen molar-refractivity contribution in [1.29, 1.82) is 0 Å². The Kier molecular flexibility index (Phi) is 4.46. The molecule has 2 aromatic rings. The molecule has 0 bridgehead atoms. The average molecular weight is 359 g/mol. The molecule has 1 aromatic carbocycles. The molecule has 3 N–H and O–H groups in total. The molecular weight excluding hydrogens is 344 g/mol. The molecule has 0 aliphatic heterocycles. The van der Waals surface area contributed by atoms with Crippen LogP contribution in [0.15, 0.2) is 40.0 Å². The fraction of sp³-hybridized carbons (Fsp3) is 0.250. The lowest BCUT2D eigenvalue weighted by Crippen LogP contribution is -2.13. The lowest BCUT2D eigenvalue weighted by Gasteiger charge is -2.07. The predicted molar refractivity (Wildman–Crippen MR) is 81.0 cm³/mol. The highest BCUT2D eigenvalue weighted by Gasteiger charge is 2.16. The van der Waals surface area contributed by atoms with Crippen molar-refractivity contribution in [1.82, 2.24) is 9.78 Å². The third-order valence-electron chi connectivity index (χ3n) is 2.57. The molecule has 6 nitrogen and oxygen atoms in total. The van der Waals surface area contributed by atoms with E-state index in [4.69, 9.17) is 5.73 Å². The van der Waals surface area contributed by atoms with Crippen LogP contribution < -0.4 is 10.5 Å². The summed E-state index contributed by atoms with van der Waals surface area (Å²) < 4.78 is 29.3. The van der Waals surface area contributed by atoms with Gasteiger partial charge < -0.3 is 5.73 Å². The first kappa shape index (κ1) is 15.0. The molecule has 0 atom stereocenters. The van der Waals surface area contributed by atoms with E-state index in [9.17, 15) is 8.42 Å². The van der Waals surface area contributed by atoms with Gasteiger partial charge in [0.25, 0.3) is 10.0 Å². The first-order valence-electron chi connectivity index (χ1n) is 5.93. The summed E-state index contributed by atoms with van der Waals surface area (Å²) in [5.74, 6) is 0. The van der Waals surface area contributed by atoms with Crippen LogP contribution in [0.3, 0.4) is 0 Å². The van der Waals surface area contributed by atoms with Crippen LogP contribution >= 0.6 is 15.9 Å². The van der Waals surface area contributed by atoms with Gasteiger partial charge in [0.05, 0.1) is 18.4 Å². The summed E-state index contributed by atoms with van der Waals surface area (Å²) in [6, 6.07) is 5.36. The second-order valence-electron chi connectivity index (χ2n) is 4.35. The van der Waals surface area contributed by atoms with Crippen LogP contribution in [0.25, 0.3) is 0 Å². The molecule has 0 aliphatic rings. The van der Waals surface area contributed by atoms with E-state index in [1.54, 1.807) is 12.1 Å². The Morgan fingerprint density at radius 3 is 2.80 bits per heavy atom. The van der Waals surface area contributed by atoms with Gasteiger partial charge in [0.15, 0.2) is 0 Å². The van der Waals surface area contributed by atoms with Crippen molar-refractivity contribution < 1.29 is 8.42 Å². The van der Waals surface area contributed by atoms with Crippen LogP contribution in [0.2, 0.25) is 0 Å². The van der Waals surface area contributed by atoms with Gasteiger partial charge in [-0.25, -0.2) is 8.42 Å². The van der Waals surface area contributed by atoms with Crippen molar-refractivity contribution in [3.63, 3.8) is 0 Å². The normalized spacial score (nSPS) is 11.6. The van der Waals surface area contributed by atoms with E-state index in [1.165, 1.54) is 17.1 Å². The number of rotatable bonds is 5. The summed E-state index contributed by atoms with van der Waals surface area (Å²) in [5, 5.41) is 3.96. The maximum absolute atomic E-state index is 12.2. The van der Waals surface area contributed by atoms with Gasteiger partial charge in [-0.05, 0) is 30.7 Å². The van der Waals surface area contributed by atoms with E-state index < -0.39 is 10.0 Å². The molecular formula is C12H15BrN4O2S. The molecule has 0 amide bonds. The van der Waals surface area contributed by atoms with E-state index >= 15 is 0 Å². The Bertz CT molecular complexity index is 692. The van der Waals surface area contributed by atoms with Crippen molar-refractivity contribution in [3.05, 3.63) is 40.6 Å². The number of aryl methyl sites for hydroxylation is 1. The predicted octanol–water partition coefficient (Wildman–Crippen LogP) is 1.71. The van der Waals surface area contributed by atoms with Crippen LogP contribution in [0.5, 0.6) is 0 Å². The molecule has 0 saturated heterocycles. The smallest absolute Gasteiger partial charge is 0.265 e. The number of hydrogen-bond acceptors (Lipinski definition) is 4. The molecule has 20 heavy (non-hydrogen) atoms. The van der Waals surface area contributed by atoms with E-state index in [2.05, 4.69) is 25.8 Å². The van der Waals surface area contributed by atoms with E-state index in [1.807, 2.05) is 13.0 Å². The van der Waals surface area contributed by atoms with Crippen LogP contribution in [0.4, 0.5) is 5.69 Å². The monoisotopic (exact) mass is 358 g/mol. The summed E-state index contributed by atoms with van der Waals surface area (Å²) in [7, 11) is -3.64. The lowest BCUT2D eigenvalue weighted by atomic mass is 10.2. The zero-order valence-corrected chi connectivity index (χ0v) is 13.3. The van der Waals surface area contributed by atoms with Gasteiger partial charge >= 0.3 is 0 Å². The second-order valence-corrected chi connectivity index (χ2v) is 6.95. The average Bonchev–Trinajstić information content (AvgIpc) is 2.76.